The van der Waals surface area contributed by atoms with Crippen LogP contribution >= 0.6 is 11.6 Å². The minimum Gasteiger partial charge on any atom is -0.388 e. The molecule has 1 aromatic carbocycles. The van der Waals surface area contributed by atoms with E-state index in [-0.39, 0.29) is 5.91 Å². The fraction of sp³-hybridized carbons (Fsp3) is 0.500. The Kier molecular flexibility index (Phi) is 3.93. The smallest absolute Gasteiger partial charge is 0.253 e. The summed E-state index contributed by atoms with van der Waals surface area (Å²) >= 11 is 5.87. The summed E-state index contributed by atoms with van der Waals surface area (Å²) < 4.78 is 0. The highest BCUT2D eigenvalue weighted by molar-refractivity contribution is 6.30. The molecule has 0 spiro atoms. The molecule has 1 fully saturated rings. The predicted octanol–water partition coefficient (Wildman–Crippen LogP) is 2.72. The van der Waals surface area contributed by atoms with Gasteiger partial charge in [-0.25, -0.2) is 0 Å². The van der Waals surface area contributed by atoms with Crippen molar-refractivity contribution in [2.45, 2.75) is 31.3 Å². The van der Waals surface area contributed by atoms with E-state index in [9.17, 15) is 9.90 Å². The molecule has 1 aliphatic carbocycles. The molecule has 1 aromatic rings. The maximum absolute atomic E-state index is 12.2. The number of hydrogen-bond donors (Lipinski definition) is 1. The normalized spacial score (nSPS) is 17.7. The number of carbonyl (C=O) groups excluding carboxylic acids is 1. The van der Waals surface area contributed by atoms with Crippen LogP contribution in [-0.2, 0) is 0 Å². The minimum absolute atomic E-state index is 0.0992. The molecule has 1 N–H and O–H groups in total. The zero-order valence-corrected chi connectivity index (χ0v) is 11.3. The van der Waals surface area contributed by atoms with Crippen molar-refractivity contribution >= 4 is 17.5 Å². The van der Waals surface area contributed by atoms with Crippen molar-refractivity contribution in [3.63, 3.8) is 0 Å². The van der Waals surface area contributed by atoms with Crippen molar-refractivity contribution in [3.05, 3.63) is 34.9 Å². The van der Waals surface area contributed by atoms with Gasteiger partial charge in [0.05, 0.1) is 5.60 Å². The number of amides is 1. The third-order valence-electron chi connectivity index (χ3n) is 3.48. The van der Waals surface area contributed by atoms with Gasteiger partial charge >= 0.3 is 0 Å². The van der Waals surface area contributed by atoms with E-state index in [2.05, 4.69) is 0 Å². The molecule has 0 aromatic heterocycles. The number of rotatable bonds is 3. The van der Waals surface area contributed by atoms with E-state index in [4.69, 9.17) is 11.6 Å². The molecule has 18 heavy (non-hydrogen) atoms. The van der Waals surface area contributed by atoms with Gasteiger partial charge in [0.25, 0.3) is 5.91 Å². The van der Waals surface area contributed by atoms with E-state index >= 15 is 0 Å². The largest absolute Gasteiger partial charge is 0.388 e. The summed E-state index contributed by atoms with van der Waals surface area (Å²) in [6, 6.07) is 6.89. The molecule has 0 unspecified atom stereocenters. The summed E-state index contributed by atoms with van der Waals surface area (Å²) in [5.41, 5.74) is -0.144. The Morgan fingerprint density at radius 1 is 1.44 bits per heavy atom. The molecule has 1 aliphatic rings. The van der Waals surface area contributed by atoms with Gasteiger partial charge in [-0.05, 0) is 31.0 Å². The Morgan fingerprint density at radius 2 is 2.11 bits per heavy atom. The van der Waals surface area contributed by atoms with E-state index in [0.717, 1.165) is 25.7 Å². The monoisotopic (exact) mass is 267 g/mol. The molecule has 2 rings (SSSR count). The SMILES string of the molecule is CN(CC1(O)CCCC1)C(=O)c1cccc(Cl)c1. The number of benzene rings is 1. The van der Waals surface area contributed by atoms with Crippen LogP contribution in [0.1, 0.15) is 36.0 Å². The topological polar surface area (TPSA) is 40.5 Å². The van der Waals surface area contributed by atoms with Crippen LogP contribution in [0.5, 0.6) is 0 Å². The van der Waals surface area contributed by atoms with E-state index in [1.165, 1.54) is 0 Å². The first-order chi connectivity index (χ1) is 8.50. The van der Waals surface area contributed by atoms with E-state index in [1.54, 1.807) is 36.2 Å². The number of likely N-dealkylation sites (N-methyl/N-ethyl adjacent to an activating group) is 1. The first kappa shape index (κ1) is 13.4. The number of nitrogens with zero attached hydrogens (tertiary/aromatic N) is 1. The second kappa shape index (κ2) is 5.29. The highest BCUT2D eigenvalue weighted by atomic mass is 35.5. The Labute approximate surface area is 112 Å². The molecular weight excluding hydrogens is 250 g/mol. The molecule has 0 atom stereocenters. The van der Waals surface area contributed by atoms with Gasteiger partial charge < -0.3 is 10.0 Å². The maximum atomic E-state index is 12.2. The Morgan fingerprint density at radius 3 is 2.72 bits per heavy atom. The molecule has 0 bridgehead atoms. The second-order valence-corrected chi connectivity index (χ2v) is 5.54. The average Bonchev–Trinajstić information content (AvgIpc) is 2.74. The standard InChI is InChI=1S/C14H18ClNO2/c1-16(10-14(18)7-2-3-8-14)13(17)11-5-4-6-12(15)9-11/h4-6,9,18H,2-3,7-8,10H2,1H3. The van der Waals surface area contributed by atoms with E-state index in [1.807, 2.05) is 0 Å². The fourth-order valence-electron chi connectivity index (χ4n) is 2.55. The first-order valence-corrected chi connectivity index (χ1v) is 6.61. The van der Waals surface area contributed by atoms with Crippen LogP contribution in [0.2, 0.25) is 5.02 Å². The molecule has 1 saturated carbocycles. The van der Waals surface area contributed by atoms with Crippen LogP contribution < -0.4 is 0 Å². The number of aliphatic hydroxyl groups is 1. The average molecular weight is 268 g/mol. The Hall–Kier alpha value is -1.06. The summed E-state index contributed by atoms with van der Waals surface area (Å²) in [5, 5.41) is 10.8. The van der Waals surface area contributed by atoms with Gasteiger partial charge in [-0.1, -0.05) is 30.5 Å². The lowest BCUT2D eigenvalue weighted by atomic mass is 10.0. The molecule has 1 amide bonds. The Balaban J connectivity index is 2.04. The van der Waals surface area contributed by atoms with E-state index in [0.29, 0.717) is 17.1 Å². The number of halogens is 1. The second-order valence-electron chi connectivity index (χ2n) is 5.10. The third kappa shape index (κ3) is 3.03. The quantitative estimate of drug-likeness (QED) is 0.915. The van der Waals surface area contributed by atoms with Crippen molar-refractivity contribution in [1.29, 1.82) is 0 Å². The van der Waals surface area contributed by atoms with Gasteiger partial charge in [-0.15, -0.1) is 0 Å². The van der Waals surface area contributed by atoms with Crippen LogP contribution in [0.4, 0.5) is 0 Å². The lowest BCUT2D eigenvalue weighted by Gasteiger charge is -2.28. The minimum atomic E-state index is -0.705. The summed E-state index contributed by atoms with van der Waals surface area (Å²) in [7, 11) is 1.72. The van der Waals surface area contributed by atoms with Gasteiger partial charge in [0.2, 0.25) is 0 Å². The van der Waals surface area contributed by atoms with Crippen molar-refractivity contribution in [3.8, 4) is 0 Å². The first-order valence-electron chi connectivity index (χ1n) is 6.24. The highest BCUT2D eigenvalue weighted by Crippen LogP contribution is 2.30. The highest BCUT2D eigenvalue weighted by Gasteiger charge is 2.33. The van der Waals surface area contributed by atoms with Crippen molar-refractivity contribution in [2.24, 2.45) is 0 Å². The number of hydrogen-bond acceptors (Lipinski definition) is 2. The van der Waals surface area contributed by atoms with Crippen LogP contribution in [0.25, 0.3) is 0 Å². The summed E-state index contributed by atoms with van der Waals surface area (Å²) in [6.07, 6.45) is 3.63. The predicted molar refractivity (Wildman–Crippen MR) is 71.8 cm³/mol. The van der Waals surface area contributed by atoms with Gasteiger partial charge in [0.15, 0.2) is 0 Å². The molecule has 98 valence electrons. The fourth-order valence-corrected chi connectivity index (χ4v) is 2.74. The molecule has 0 heterocycles. The van der Waals surface area contributed by atoms with Crippen molar-refractivity contribution in [1.82, 2.24) is 4.90 Å². The molecule has 4 heteroatoms. The Bertz CT molecular complexity index is 441. The van der Waals surface area contributed by atoms with Gasteiger partial charge in [-0.3, -0.25) is 4.79 Å². The van der Waals surface area contributed by atoms with Crippen molar-refractivity contribution in [2.75, 3.05) is 13.6 Å². The molecule has 3 nitrogen and oxygen atoms in total. The zero-order valence-electron chi connectivity index (χ0n) is 10.5. The lowest BCUT2D eigenvalue weighted by Crippen LogP contribution is -2.42. The molecule has 0 aliphatic heterocycles. The van der Waals surface area contributed by atoms with Crippen LogP contribution in [-0.4, -0.2) is 35.1 Å². The number of carbonyl (C=O) groups is 1. The van der Waals surface area contributed by atoms with Crippen molar-refractivity contribution < 1.29 is 9.90 Å². The summed E-state index contributed by atoms with van der Waals surface area (Å²) in [4.78, 5) is 13.8. The van der Waals surface area contributed by atoms with E-state index < -0.39 is 5.60 Å². The zero-order chi connectivity index (χ0) is 13.2. The summed E-state index contributed by atoms with van der Waals surface area (Å²) in [5.74, 6) is -0.0992. The molecule has 0 radical (unpaired) electrons. The van der Waals surface area contributed by atoms with Gasteiger partial charge in [0, 0.05) is 24.2 Å². The molecule has 0 saturated heterocycles. The molecular formula is C14H18ClNO2. The van der Waals surface area contributed by atoms with Gasteiger partial charge in [0.1, 0.15) is 0 Å². The van der Waals surface area contributed by atoms with Crippen LogP contribution in [0.3, 0.4) is 0 Å². The third-order valence-corrected chi connectivity index (χ3v) is 3.72. The van der Waals surface area contributed by atoms with Crippen LogP contribution in [0.15, 0.2) is 24.3 Å². The van der Waals surface area contributed by atoms with Gasteiger partial charge in [-0.2, -0.15) is 0 Å². The van der Waals surface area contributed by atoms with Crippen LogP contribution in [0, 0.1) is 0 Å². The maximum Gasteiger partial charge on any atom is 0.253 e. The summed E-state index contributed by atoms with van der Waals surface area (Å²) in [6.45, 7) is 0.387. The lowest BCUT2D eigenvalue weighted by molar-refractivity contribution is 0.0157.